The lowest BCUT2D eigenvalue weighted by molar-refractivity contribution is -0.135. The zero-order valence-corrected chi connectivity index (χ0v) is 16.5. The van der Waals surface area contributed by atoms with E-state index in [1.165, 1.54) is 29.6 Å². The molecule has 2 heterocycles. The van der Waals surface area contributed by atoms with Gasteiger partial charge in [-0.05, 0) is 50.1 Å². The molecule has 0 aliphatic carbocycles. The fourth-order valence-corrected chi connectivity index (χ4v) is 4.18. The lowest BCUT2D eigenvalue weighted by Gasteiger charge is -2.34. The van der Waals surface area contributed by atoms with Gasteiger partial charge in [0.25, 0.3) is 5.91 Å². The molecule has 0 N–H and O–H groups in total. The molecule has 1 fully saturated rings. The second-order valence-electron chi connectivity index (χ2n) is 7.85. The van der Waals surface area contributed by atoms with Crippen molar-refractivity contribution in [2.75, 3.05) is 13.1 Å². The molecule has 2 aromatic rings. The van der Waals surface area contributed by atoms with Crippen LogP contribution >= 0.6 is 0 Å². The van der Waals surface area contributed by atoms with Crippen molar-refractivity contribution in [2.45, 2.75) is 44.7 Å². The number of carbonyl (C=O) groups is 1. The highest BCUT2D eigenvalue weighted by Gasteiger charge is 2.35. The van der Waals surface area contributed by atoms with E-state index in [-0.39, 0.29) is 24.1 Å². The minimum Gasteiger partial charge on any atom is -0.292 e. The van der Waals surface area contributed by atoms with Gasteiger partial charge in [-0.1, -0.05) is 36.8 Å². The van der Waals surface area contributed by atoms with Crippen LogP contribution in [0.4, 0.5) is 8.78 Å². The molecule has 4 rings (SSSR count). The second-order valence-corrected chi connectivity index (χ2v) is 7.85. The summed E-state index contributed by atoms with van der Waals surface area (Å²) in [5.74, 6) is -0.814. The van der Waals surface area contributed by atoms with Gasteiger partial charge < -0.3 is 0 Å². The molecule has 1 amide bonds. The summed E-state index contributed by atoms with van der Waals surface area (Å²) < 4.78 is 27.8. The highest BCUT2D eigenvalue weighted by molar-refractivity contribution is 6.03. The first kappa shape index (κ1) is 19.7. The monoisotopic (exact) mass is 397 g/mol. The molecule has 6 heteroatoms. The first-order valence-electron chi connectivity index (χ1n) is 10.2. The SMILES string of the molecule is C[C@H]1CCCCN1CC(=O)N1N=C(c2ccc(F)cc2)C[C@H]1c1ccccc1F. The molecule has 29 heavy (non-hydrogen) atoms. The lowest BCUT2D eigenvalue weighted by Crippen LogP contribution is -2.44. The van der Waals surface area contributed by atoms with Crippen molar-refractivity contribution in [2.24, 2.45) is 5.10 Å². The summed E-state index contributed by atoms with van der Waals surface area (Å²) >= 11 is 0. The van der Waals surface area contributed by atoms with Gasteiger partial charge in [0.1, 0.15) is 11.6 Å². The standard InChI is InChI=1S/C23H25F2N3O/c1-16-6-4-5-13-27(16)15-23(29)28-22(19-7-2-3-8-20(19)25)14-21(26-28)17-9-11-18(24)12-10-17/h2-3,7-12,16,22H,4-6,13-15H2,1H3/t16-,22-/m0/s1. The summed E-state index contributed by atoms with van der Waals surface area (Å²) in [6, 6.07) is 12.4. The van der Waals surface area contributed by atoms with Gasteiger partial charge in [-0.15, -0.1) is 0 Å². The fourth-order valence-electron chi connectivity index (χ4n) is 4.18. The molecule has 1 saturated heterocycles. The maximum absolute atomic E-state index is 14.5. The van der Waals surface area contributed by atoms with Gasteiger partial charge >= 0.3 is 0 Å². The number of likely N-dealkylation sites (tertiary alicyclic amines) is 1. The van der Waals surface area contributed by atoms with E-state index in [1.54, 1.807) is 30.3 Å². The lowest BCUT2D eigenvalue weighted by atomic mass is 9.98. The van der Waals surface area contributed by atoms with Gasteiger partial charge in [0.15, 0.2) is 0 Å². The molecular weight excluding hydrogens is 372 g/mol. The highest BCUT2D eigenvalue weighted by Crippen LogP contribution is 2.34. The number of halogens is 2. The van der Waals surface area contributed by atoms with E-state index < -0.39 is 6.04 Å². The Kier molecular flexibility index (Phi) is 5.72. The Morgan fingerprint density at radius 1 is 1.10 bits per heavy atom. The summed E-state index contributed by atoms with van der Waals surface area (Å²) in [5, 5.41) is 5.99. The molecule has 0 aromatic heterocycles. The smallest absolute Gasteiger partial charge is 0.257 e. The van der Waals surface area contributed by atoms with Gasteiger partial charge in [-0.2, -0.15) is 5.10 Å². The average Bonchev–Trinajstić information content (AvgIpc) is 3.16. The molecule has 0 bridgehead atoms. The van der Waals surface area contributed by atoms with Gasteiger partial charge in [0.05, 0.1) is 18.3 Å². The topological polar surface area (TPSA) is 35.9 Å². The zero-order chi connectivity index (χ0) is 20.4. The molecule has 0 spiro atoms. The number of carbonyl (C=O) groups excluding carboxylic acids is 1. The molecule has 0 radical (unpaired) electrons. The third-order valence-corrected chi connectivity index (χ3v) is 5.89. The predicted molar refractivity (Wildman–Crippen MR) is 108 cm³/mol. The van der Waals surface area contributed by atoms with Crippen LogP contribution in [0.5, 0.6) is 0 Å². The van der Waals surface area contributed by atoms with E-state index in [9.17, 15) is 13.6 Å². The summed E-state index contributed by atoms with van der Waals surface area (Å²) in [4.78, 5) is 15.4. The summed E-state index contributed by atoms with van der Waals surface area (Å²) in [6.45, 7) is 3.30. The summed E-state index contributed by atoms with van der Waals surface area (Å²) in [7, 11) is 0. The normalized spacial score (nSPS) is 22.6. The maximum atomic E-state index is 14.5. The Labute approximate surface area is 169 Å². The van der Waals surface area contributed by atoms with Gasteiger partial charge in [-0.3, -0.25) is 9.69 Å². The van der Waals surface area contributed by atoms with Crippen molar-refractivity contribution in [1.29, 1.82) is 0 Å². The Morgan fingerprint density at radius 2 is 1.86 bits per heavy atom. The van der Waals surface area contributed by atoms with E-state index in [0.29, 0.717) is 23.7 Å². The van der Waals surface area contributed by atoms with Crippen LogP contribution in [0.3, 0.4) is 0 Å². The van der Waals surface area contributed by atoms with Gasteiger partial charge in [-0.25, -0.2) is 13.8 Å². The predicted octanol–water partition coefficient (Wildman–Crippen LogP) is 4.52. The molecule has 2 aliphatic rings. The number of piperidine rings is 1. The highest BCUT2D eigenvalue weighted by atomic mass is 19.1. The minimum atomic E-state index is -0.496. The number of hydrazone groups is 1. The van der Waals surface area contributed by atoms with E-state index >= 15 is 0 Å². The Morgan fingerprint density at radius 3 is 2.59 bits per heavy atom. The third-order valence-electron chi connectivity index (χ3n) is 5.89. The van der Waals surface area contributed by atoms with Crippen molar-refractivity contribution in [1.82, 2.24) is 9.91 Å². The van der Waals surface area contributed by atoms with Crippen LogP contribution in [0.15, 0.2) is 53.6 Å². The van der Waals surface area contributed by atoms with E-state index in [4.69, 9.17) is 0 Å². The molecule has 2 atom stereocenters. The van der Waals surface area contributed by atoms with Crippen molar-refractivity contribution in [3.8, 4) is 0 Å². The van der Waals surface area contributed by atoms with Crippen LogP contribution in [-0.4, -0.2) is 40.7 Å². The zero-order valence-electron chi connectivity index (χ0n) is 16.5. The largest absolute Gasteiger partial charge is 0.292 e. The number of hydrogen-bond donors (Lipinski definition) is 0. The minimum absolute atomic E-state index is 0.135. The number of hydrogen-bond acceptors (Lipinski definition) is 3. The molecule has 4 nitrogen and oxygen atoms in total. The molecule has 0 saturated carbocycles. The van der Waals surface area contributed by atoms with Crippen LogP contribution in [0.1, 0.15) is 49.8 Å². The Balaban J connectivity index is 1.62. The van der Waals surface area contributed by atoms with Crippen molar-refractivity contribution >= 4 is 11.6 Å². The van der Waals surface area contributed by atoms with Crippen molar-refractivity contribution in [3.05, 3.63) is 71.3 Å². The van der Waals surface area contributed by atoms with Crippen LogP contribution in [-0.2, 0) is 4.79 Å². The second kappa shape index (κ2) is 8.41. The molecule has 0 unspecified atom stereocenters. The molecule has 2 aliphatic heterocycles. The quantitative estimate of drug-likeness (QED) is 0.761. The summed E-state index contributed by atoms with van der Waals surface area (Å²) in [6.07, 6.45) is 3.74. The van der Waals surface area contributed by atoms with E-state index in [1.807, 2.05) is 0 Å². The number of rotatable bonds is 4. The number of amides is 1. The first-order valence-corrected chi connectivity index (χ1v) is 10.2. The maximum Gasteiger partial charge on any atom is 0.257 e. The van der Waals surface area contributed by atoms with Crippen molar-refractivity contribution < 1.29 is 13.6 Å². The molecular formula is C23H25F2N3O. The summed E-state index contributed by atoms with van der Waals surface area (Å²) in [5.41, 5.74) is 1.86. The first-order chi connectivity index (χ1) is 14.0. The third kappa shape index (κ3) is 4.22. The van der Waals surface area contributed by atoms with Crippen LogP contribution in [0, 0.1) is 11.6 Å². The Hall–Kier alpha value is -2.60. The molecule has 2 aromatic carbocycles. The number of benzene rings is 2. The van der Waals surface area contributed by atoms with Gasteiger partial charge in [0.2, 0.25) is 0 Å². The Bertz CT molecular complexity index is 913. The fraction of sp³-hybridized carbons (Fsp3) is 0.391. The van der Waals surface area contributed by atoms with Gasteiger partial charge in [0, 0.05) is 18.0 Å². The van der Waals surface area contributed by atoms with E-state index in [2.05, 4.69) is 16.9 Å². The van der Waals surface area contributed by atoms with Crippen LogP contribution in [0.2, 0.25) is 0 Å². The molecule has 152 valence electrons. The van der Waals surface area contributed by atoms with E-state index in [0.717, 1.165) is 24.9 Å². The van der Waals surface area contributed by atoms with Crippen LogP contribution in [0.25, 0.3) is 0 Å². The van der Waals surface area contributed by atoms with Crippen molar-refractivity contribution in [3.63, 3.8) is 0 Å². The van der Waals surface area contributed by atoms with Crippen LogP contribution < -0.4 is 0 Å². The average molecular weight is 397 g/mol. The number of nitrogens with zero attached hydrogens (tertiary/aromatic N) is 3.